The van der Waals surface area contributed by atoms with E-state index in [-0.39, 0.29) is 24.4 Å². The third kappa shape index (κ3) is 4.45. The number of amides is 1. The van der Waals surface area contributed by atoms with E-state index in [1.54, 1.807) is 0 Å². The highest BCUT2D eigenvalue weighted by Gasteiger charge is 2.27. The van der Waals surface area contributed by atoms with Crippen molar-refractivity contribution in [2.45, 2.75) is 32.0 Å². The molecule has 0 aliphatic carbocycles. The van der Waals surface area contributed by atoms with Crippen LogP contribution in [-0.4, -0.2) is 29.7 Å². The highest BCUT2D eigenvalue weighted by atomic mass is 79.9. The Hall–Kier alpha value is -0.620. The van der Waals surface area contributed by atoms with Gasteiger partial charge in [-0.15, -0.1) is 12.4 Å². The summed E-state index contributed by atoms with van der Waals surface area (Å²) in [5, 5.41) is 15.3. The van der Waals surface area contributed by atoms with Gasteiger partial charge in [-0.25, -0.2) is 0 Å². The van der Waals surface area contributed by atoms with E-state index in [1.165, 1.54) is 0 Å². The fraction of sp³-hybridized carbons (Fsp3) is 0.462. The summed E-state index contributed by atoms with van der Waals surface area (Å²) < 4.78 is 1.04. The number of hydrogen-bond acceptors (Lipinski definition) is 3. The third-order valence-electron chi connectivity index (χ3n) is 3.18. The maximum atomic E-state index is 11.8. The Morgan fingerprint density at radius 2 is 2.32 bits per heavy atom. The van der Waals surface area contributed by atoms with Crippen molar-refractivity contribution in [1.29, 1.82) is 0 Å². The Morgan fingerprint density at radius 1 is 1.58 bits per heavy atom. The molecule has 2 rings (SSSR count). The molecule has 1 aromatic carbocycles. The molecule has 2 unspecified atom stereocenters. The fourth-order valence-corrected chi connectivity index (χ4v) is 2.56. The lowest BCUT2D eigenvalue weighted by Crippen LogP contribution is -2.40. The van der Waals surface area contributed by atoms with E-state index in [0.29, 0.717) is 19.5 Å². The molecule has 3 N–H and O–H groups in total. The summed E-state index contributed by atoms with van der Waals surface area (Å²) in [4.78, 5) is 11.8. The van der Waals surface area contributed by atoms with E-state index in [2.05, 4.69) is 26.6 Å². The van der Waals surface area contributed by atoms with Crippen LogP contribution >= 0.6 is 28.3 Å². The molecule has 1 aliphatic heterocycles. The van der Waals surface area contributed by atoms with Gasteiger partial charge in [0.1, 0.15) is 0 Å². The van der Waals surface area contributed by atoms with Crippen LogP contribution in [0.5, 0.6) is 0 Å². The van der Waals surface area contributed by atoms with Crippen LogP contribution < -0.4 is 10.6 Å². The Kier molecular flexibility index (Phi) is 6.26. The van der Waals surface area contributed by atoms with Gasteiger partial charge < -0.3 is 15.7 Å². The van der Waals surface area contributed by atoms with E-state index in [4.69, 9.17) is 0 Å². The number of carbonyl (C=O) groups is 1. The van der Waals surface area contributed by atoms with Crippen LogP contribution in [-0.2, 0) is 11.3 Å². The highest BCUT2D eigenvalue weighted by Crippen LogP contribution is 2.15. The molecule has 0 bridgehead atoms. The van der Waals surface area contributed by atoms with E-state index >= 15 is 0 Å². The average Bonchev–Trinajstić information content (AvgIpc) is 2.74. The molecule has 0 radical (unpaired) electrons. The van der Waals surface area contributed by atoms with Crippen LogP contribution in [0.15, 0.2) is 22.7 Å². The highest BCUT2D eigenvalue weighted by molar-refractivity contribution is 9.10. The van der Waals surface area contributed by atoms with Gasteiger partial charge in [-0.3, -0.25) is 4.79 Å². The van der Waals surface area contributed by atoms with E-state index < -0.39 is 6.10 Å². The standard InChI is InChI=1S/C13H17BrN2O2.ClH/c1-8-4-10(14)3-2-9(8)6-16-13(18)12-5-11(17)7-15-12;/h2-4,11-12,15,17H,5-7H2,1H3,(H,16,18);1H. The van der Waals surface area contributed by atoms with Crippen molar-refractivity contribution in [1.82, 2.24) is 10.6 Å². The van der Waals surface area contributed by atoms with E-state index in [9.17, 15) is 9.90 Å². The van der Waals surface area contributed by atoms with Crippen LogP contribution in [0.25, 0.3) is 0 Å². The van der Waals surface area contributed by atoms with Crippen molar-refractivity contribution in [3.05, 3.63) is 33.8 Å². The first kappa shape index (κ1) is 16.4. The molecule has 0 saturated carbocycles. The number of benzene rings is 1. The number of carbonyl (C=O) groups excluding carboxylic acids is 1. The fourth-order valence-electron chi connectivity index (χ4n) is 2.08. The van der Waals surface area contributed by atoms with Gasteiger partial charge in [0, 0.05) is 17.6 Å². The lowest BCUT2D eigenvalue weighted by Gasteiger charge is -2.12. The average molecular weight is 350 g/mol. The Balaban J connectivity index is 0.00000180. The summed E-state index contributed by atoms with van der Waals surface area (Å²) in [6.07, 6.45) is 0.0840. The van der Waals surface area contributed by atoms with Crippen LogP contribution in [0, 0.1) is 6.92 Å². The van der Waals surface area contributed by atoms with Crippen LogP contribution in [0.1, 0.15) is 17.5 Å². The predicted molar refractivity (Wildman–Crippen MR) is 80.4 cm³/mol. The van der Waals surface area contributed by atoms with Crippen molar-refractivity contribution < 1.29 is 9.90 Å². The number of nitrogens with one attached hydrogen (secondary N) is 2. The summed E-state index contributed by atoms with van der Waals surface area (Å²) >= 11 is 3.41. The molecule has 4 nitrogen and oxygen atoms in total. The number of halogens is 2. The Morgan fingerprint density at radius 3 is 2.89 bits per heavy atom. The van der Waals surface area contributed by atoms with Gasteiger partial charge in [0.15, 0.2) is 0 Å². The van der Waals surface area contributed by atoms with Crippen molar-refractivity contribution in [2.75, 3.05) is 6.54 Å². The minimum Gasteiger partial charge on any atom is -0.392 e. The number of hydrogen-bond donors (Lipinski definition) is 3. The van der Waals surface area contributed by atoms with Crippen LogP contribution in [0.3, 0.4) is 0 Å². The van der Waals surface area contributed by atoms with Gasteiger partial charge in [-0.2, -0.15) is 0 Å². The number of rotatable bonds is 3. The Labute approximate surface area is 127 Å². The molecule has 0 spiro atoms. The lowest BCUT2D eigenvalue weighted by atomic mass is 10.1. The number of aliphatic hydroxyl groups is 1. The van der Waals surface area contributed by atoms with Crippen molar-refractivity contribution in [3.63, 3.8) is 0 Å². The van der Waals surface area contributed by atoms with E-state index in [1.807, 2.05) is 25.1 Å². The second-order valence-electron chi connectivity index (χ2n) is 4.64. The summed E-state index contributed by atoms with van der Waals surface area (Å²) in [7, 11) is 0. The zero-order chi connectivity index (χ0) is 13.1. The molecular weight excluding hydrogens is 332 g/mol. The first-order chi connectivity index (χ1) is 8.56. The molecule has 6 heteroatoms. The second-order valence-corrected chi connectivity index (χ2v) is 5.55. The van der Waals surface area contributed by atoms with Crippen LogP contribution in [0.2, 0.25) is 0 Å². The minimum absolute atomic E-state index is 0. The maximum Gasteiger partial charge on any atom is 0.237 e. The van der Waals surface area contributed by atoms with Gasteiger partial charge >= 0.3 is 0 Å². The first-order valence-electron chi connectivity index (χ1n) is 6.00. The quantitative estimate of drug-likeness (QED) is 0.775. The third-order valence-corrected chi connectivity index (χ3v) is 3.68. The zero-order valence-corrected chi connectivity index (χ0v) is 13.1. The van der Waals surface area contributed by atoms with Crippen molar-refractivity contribution >= 4 is 34.2 Å². The summed E-state index contributed by atoms with van der Waals surface area (Å²) in [5.74, 6) is -0.0473. The molecule has 1 amide bonds. The lowest BCUT2D eigenvalue weighted by molar-refractivity contribution is -0.123. The zero-order valence-electron chi connectivity index (χ0n) is 10.6. The molecule has 2 atom stereocenters. The molecule has 1 fully saturated rings. The normalized spacial score (nSPS) is 21.8. The predicted octanol–water partition coefficient (Wildman–Crippen LogP) is 1.52. The molecule has 1 aliphatic rings. The molecule has 1 saturated heterocycles. The maximum absolute atomic E-state index is 11.8. The second kappa shape index (κ2) is 7.24. The van der Waals surface area contributed by atoms with Crippen LogP contribution in [0.4, 0.5) is 0 Å². The molecular formula is C13H18BrClN2O2. The minimum atomic E-state index is -0.407. The molecule has 0 aromatic heterocycles. The largest absolute Gasteiger partial charge is 0.392 e. The summed E-state index contributed by atoms with van der Waals surface area (Å²) in [6.45, 7) is 3.03. The Bertz CT molecular complexity index is 456. The number of aliphatic hydroxyl groups excluding tert-OH is 1. The van der Waals surface area contributed by atoms with Gasteiger partial charge in [0.25, 0.3) is 0 Å². The SMILES string of the molecule is Cc1cc(Br)ccc1CNC(=O)C1CC(O)CN1.Cl. The van der Waals surface area contributed by atoms with Gasteiger partial charge in [-0.05, 0) is 36.6 Å². The summed E-state index contributed by atoms with van der Waals surface area (Å²) in [5.41, 5.74) is 2.24. The number of β-amino-alcohol motifs (C(OH)–C–C–N with tert-alkyl or cyclic N) is 1. The molecule has 106 valence electrons. The molecule has 19 heavy (non-hydrogen) atoms. The van der Waals surface area contributed by atoms with Gasteiger partial charge in [-0.1, -0.05) is 22.0 Å². The summed E-state index contributed by atoms with van der Waals surface area (Å²) in [6, 6.07) is 5.72. The first-order valence-corrected chi connectivity index (χ1v) is 6.80. The topological polar surface area (TPSA) is 61.4 Å². The smallest absolute Gasteiger partial charge is 0.237 e. The van der Waals surface area contributed by atoms with Gasteiger partial charge in [0.05, 0.1) is 12.1 Å². The molecule has 1 aromatic rings. The van der Waals surface area contributed by atoms with Crippen molar-refractivity contribution in [3.8, 4) is 0 Å². The van der Waals surface area contributed by atoms with E-state index in [0.717, 1.165) is 15.6 Å². The van der Waals surface area contributed by atoms with Crippen molar-refractivity contribution in [2.24, 2.45) is 0 Å². The molecule has 1 heterocycles. The van der Waals surface area contributed by atoms with Gasteiger partial charge in [0.2, 0.25) is 5.91 Å². The monoisotopic (exact) mass is 348 g/mol. The number of aryl methyl sites for hydroxylation is 1.